The molecule has 0 aliphatic carbocycles. The number of hydrogen-bond acceptors (Lipinski definition) is 4. The zero-order valence-corrected chi connectivity index (χ0v) is 12.3. The molecule has 1 N–H and O–H groups in total. The van der Waals surface area contributed by atoms with E-state index in [1.165, 1.54) is 17.1 Å². The highest BCUT2D eigenvalue weighted by Gasteiger charge is 2.30. The molecule has 25 heavy (non-hydrogen) atoms. The van der Waals surface area contributed by atoms with Crippen LogP contribution in [-0.2, 0) is 6.18 Å². The molecule has 0 spiro atoms. The van der Waals surface area contributed by atoms with Crippen molar-refractivity contribution in [2.24, 2.45) is 0 Å². The average molecular weight is 351 g/mol. The summed E-state index contributed by atoms with van der Waals surface area (Å²) in [5.74, 6) is -1.38. The van der Waals surface area contributed by atoms with Crippen molar-refractivity contribution >= 4 is 11.6 Å². The Hall–Kier alpha value is -3.30. The van der Waals surface area contributed by atoms with Crippen molar-refractivity contribution in [1.82, 2.24) is 20.2 Å². The Kier molecular flexibility index (Phi) is 4.17. The standard InChI is InChI=1S/C15H9F4N5O/c16-10-3-6-13(24-8-20-22-23-24)12(7-10)14(25)21-11-4-1-9(2-5-11)15(17,18)19/h1-8H,(H,21,25). The van der Waals surface area contributed by atoms with Gasteiger partial charge in [0.1, 0.15) is 12.1 Å². The summed E-state index contributed by atoms with van der Waals surface area (Å²) in [4.78, 5) is 12.4. The number of tetrazole rings is 1. The van der Waals surface area contributed by atoms with E-state index < -0.39 is 23.5 Å². The predicted molar refractivity (Wildman–Crippen MR) is 78.5 cm³/mol. The molecular formula is C15H9F4N5O. The first kappa shape index (κ1) is 16.6. The Balaban J connectivity index is 1.88. The van der Waals surface area contributed by atoms with Crippen LogP contribution >= 0.6 is 0 Å². The van der Waals surface area contributed by atoms with Crippen LogP contribution in [0.3, 0.4) is 0 Å². The monoisotopic (exact) mass is 351 g/mol. The van der Waals surface area contributed by atoms with Crippen molar-refractivity contribution in [3.63, 3.8) is 0 Å². The number of benzene rings is 2. The van der Waals surface area contributed by atoms with Crippen LogP contribution in [0, 0.1) is 5.82 Å². The van der Waals surface area contributed by atoms with Gasteiger partial charge in [-0.15, -0.1) is 5.10 Å². The van der Waals surface area contributed by atoms with Gasteiger partial charge in [0.05, 0.1) is 16.8 Å². The second-order valence-electron chi connectivity index (χ2n) is 4.95. The largest absolute Gasteiger partial charge is 0.416 e. The number of aromatic nitrogens is 4. The number of carbonyl (C=O) groups is 1. The van der Waals surface area contributed by atoms with Crippen molar-refractivity contribution in [2.75, 3.05) is 5.32 Å². The highest BCUT2D eigenvalue weighted by molar-refractivity contribution is 6.06. The van der Waals surface area contributed by atoms with E-state index in [1.807, 2.05) is 0 Å². The van der Waals surface area contributed by atoms with Crippen molar-refractivity contribution in [3.05, 3.63) is 65.7 Å². The molecule has 2 aromatic carbocycles. The molecule has 0 atom stereocenters. The van der Waals surface area contributed by atoms with Crippen LogP contribution in [-0.4, -0.2) is 26.1 Å². The maximum Gasteiger partial charge on any atom is 0.416 e. The van der Waals surface area contributed by atoms with Gasteiger partial charge in [0.15, 0.2) is 0 Å². The third-order valence-corrected chi connectivity index (χ3v) is 3.27. The Morgan fingerprint density at radius 2 is 1.80 bits per heavy atom. The number of nitrogens with one attached hydrogen (secondary N) is 1. The smallest absolute Gasteiger partial charge is 0.322 e. The average Bonchev–Trinajstić information content (AvgIpc) is 3.08. The first-order valence-corrected chi connectivity index (χ1v) is 6.86. The number of nitrogens with zero attached hydrogens (tertiary/aromatic N) is 4. The third kappa shape index (κ3) is 3.62. The van der Waals surface area contributed by atoms with E-state index in [9.17, 15) is 22.4 Å². The number of carbonyl (C=O) groups excluding carboxylic acids is 1. The number of anilines is 1. The van der Waals surface area contributed by atoms with E-state index >= 15 is 0 Å². The molecule has 1 heterocycles. The minimum absolute atomic E-state index is 0.0767. The third-order valence-electron chi connectivity index (χ3n) is 3.27. The fourth-order valence-corrected chi connectivity index (χ4v) is 2.10. The molecule has 1 aromatic heterocycles. The lowest BCUT2D eigenvalue weighted by Crippen LogP contribution is -2.16. The van der Waals surface area contributed by atoms with E-state index in [0.717, 1.165) is 36.4 Å². The highest BCUT2D eigenvalue weighted by atomic mass is 19.4. The fraction of sp³-hybridized carbons (Fsp3) is 0.0667. The summed E-state index contributed by atoms with van der Waals surface area (Å²) in [6.07, 6.45) is -3.25. The van der Waals surface area contributed by atoms with Crippen LogP contribution in [0.4, 0.5) is 23.2 Å². The van der Waals surface area contributed by atoms with Crippen LogP contribution in [0.15, 0.2) is 48.8 Å². The highest BCUT2D eigenvalue weighted by Crippen LogP contribution is 2.30. The lowest BCUT2D eigenvalue weighted by Gasteiger charge is -2.11. The van der Waals surface area contributed by atoms with E-state index in [0.29, 0.717) is 0 Å². The van der Waals surface area contributed by atoms with E-state index in [4.69, 9.17) is 0 Å². The van der Waals surface area contributed by atoms with Crippen LogP contribution in [0.25, 0.3) is 5.69 Å². The summed E-state index contributed by atoms with van der Waals surface area (Å²) in [5, 5.41) is 12.9. The molecule has 0 aliphatic rings. The van der Waals surface area contributed by atoms with Gasteiger partial charge in [-0.1, -0.05) is 0 Å². The summed E-state index contributed by atoms with van der Waals surface area (Å²) in [6, 6.07) is 7.32. The molecule has 1 amide bonds. The molecule has 0 bridgehead atoms. The van der Waals surface area contributed by atoms with E-state index in [1.54, 1.807) is 0 Å². The summed E-state index contributed by atoms with van der Waals surface area (Å²) < 4.78 is 52.3. The van der Waals surface area contributed by atoms with E-state index in [2.05, 4.69) is 20.8 Å². The van der Waals surface area contributed by atoms with Gasteiger partial charge in [-0.2, -0.15) is 17.9 Å². The van der Waals surface area contributed by atoms with Gasteiger partial charge in [0, 0.05) is 5.69 Å². The van der Waals surface area contributed by atoms with Crippen LogP contribution < -0.4 is 5.32 Å². The number of rotatable bonds is 3. The first-order chi connectivity index (χ1) is 11.8. The van der Waals surface area contributed by atoms with Gasteiger partial charge >= 0.3 is 6.18 Å². The molecule has 128 valence electrons. The Bertz CT molecular complexity index is 891. The lowest BCUT2D eigenvalue weighted by atomic mass is 10.1. The van der Waals surface area contributed by atoms with Gasteiger partial charge in [0.2, 0.25) is 0 Å². The van der Waals surface area contributed by atoms with Crippen molar-refractivity contribution in [3.8, 4) is 5.69 Å². The number of hydrogen-bond donors (Lipinski definition) is 1. The fourth-order valence-electron chi connectivity index (χ4n) is 2.10. The summed E-state index contributed by atoms with van der Waals surface area (Å²) >= 11 is 0. The Morgan fingerprint density at radius 1 is 1.08 bits per heavy atom. The maximum absolute atomic E-state index is 13.5. The summed E-state index contributed by atoms with van der Waals surface area (Å²) in [5.41, 5.74) is -0.571. The molecule has 0 unspecified atom stereocenters. The van der Waals surface area contributed by atoms with Gasteiger partial charge in [-0.05, 0) is 52.9 Å². The first-order valence-electron chi connectivity index (χ1n) is 6.86. The number of halogens is 4. The SMILES string of the molecule is O=C(Nc1ccc(C(F)(F)F)cc1)c1cc(F)ccc1-n1cnnn1. The molecule has 3 rings (SSSR count). The topological polar surface area (TPSA) is 72.7 Å². The minimum Gasteiger partial charge on any atom is -0.322 e. The molecule has 0 aliphatic heterocycles. The second-order valence-corrected chi connectivity index (χ2v) is 4.95. The van der Waals surface area contributed by atoms with Crippen LogP contribution in [0.1, 0.15) is 15.9 Å². The van der Waals surface area contributed by atoms with Crippen LogP contribution in [0.5, 0.6) is 0 Å². The molecule has 0 saturated heterocycles. The zero-order chi connectivity index (χ0) is 18.0. The summed E-state index contributed by atoms with van der Waals surface area (Å²) in [6.45, 7) is 0. The Morgan fingerprint density at radius 3 is 2.40 bits per heavy atom. The minimum atomic E-state index is -4.47. The molecule has 3 aromatic rings. The van der Waals surface area contributed by atoms with E-state index in [-0.39, 0.29) is 16.9 Å². The second kappa shape index (κ2) is 6.30. The molecule has 0 radical (unpaired) electrons. The molecule has 6 nitrogen and oxygen atoms in total. The van der Waals surface area contributed by atoms with Crippen LogP contribution in [0.2, 0.25) is 0 Å². The maximum atomic E-state index is 13.5. The van der Waals surface area contributed by atoms with Gasteiger partial charge in [-0.3, -0.25) is 4.79 Å². The Labute approximate surface area is 138 Å². The lowest BCUT2D eigenvalue weighted by molar-refractivity contribution is -0.137. The van der Waals surface area contributed by atoms with Crippen molar-refractivity contribution < 1.29 is 22.4 Å². The predicted octanol–water partition coefficient (Wildman–Crippen LogP) is 3.07. The van der Waals surface area contributed by atoms with Gasteiger partial charge < -0.3 is 5.32 Å². The zero-order valence-electron chi connectivity index (χ0n) is 12.3. The number of alkyl halides is 3. The quantitative estimate of drug-likeness (QED) is 0.736. The molecule has 0 fully saturated rings. The molecule has 0 saturated carbocycles. The number of amides is 1. The van der Waals surface area contributed by atoms with Gasteiger partial charge in [-0.25, -0.2) is 4.39 Å². The molecule has 10 heteroatoms. The van der Waals surface area contributed by atoms with Crippen molar-refractivity contribution in [2.45, 2.75) is 6.18 Å². The van der Waals surface area contributed by atoms with Crippen molar-refractivity contribution in [1.29, 1.82) is 0 Å². The molecular weight excluding hydrogens is 342 g/mol. The van der Waals surface area contributed by atoms with Gasteiger partial charge in [0.25, 0.3) is 5.91 Å². The normalized spacial score (nSPS) is 11.4. The summed E-state index contributed by atoms with van der Waals surface area (Å²) in [7, 11) is 0.